The van der Waals surface area contributed by atoms with Gasteiger partial charge in [-0.25, -0.2) is 0 Å². The van der Waals surface area contributed by atoms with Crippen molar-refractivity contribution in [1.82, 2.24) is 19.6 Å². The molecule has 178 valence electrons. The highest BCUT2D eigenvalue weighted by Crippen LogP contribution is 2.60. The van der Waals surface area contributed by atoms with Gasteiger partial charge in [0.2, 0.25) is 11.8 Å². The van der Waals surface area contributed by atoms with Gasteiger partial charge >= 0.3 is 0 Å². The molecule has 3 heterocycles. The van der Waals surface area contributed by atoms with Crippen molar-refractivity contribution in [1.29, 1.82) is 0 Å². The van der Waals surface area contributed by atoms with Crippen LogP contribution in [0.5, 0.6) is 0 Å². The third kappa shape index (κ3) is 3.89. The van der Waals surface area contributed by atoms with Gasteiger partial charge in [0, 0.05) is 45.8 Å². The molecule has 7 aliphatic rings. The number of carbonyl (C=O) groups excluding carboxylic acids is 2. The first-order valence-electron chi connectivity index (χ1n) is 13.6. The molecule has 4 saturated carbocycles. The van der Waals surface area contributed by atoms with Gasteiger partial charge in [-0.1, -0.05) is 0 Å². The van der Waals surface area contributed by atoms with E-state index in [4.69, 9.17) is 0 Å². The van der Waals surface area contributed by atoms with Crippen molar-refractivity contribution in [3.8, 4) is 0 Å². The fraction of sp³-hybridized carbons (Fsp3) is 0.923. The molecular formula is C26H42N4O2. The van der Waals surface area contributed by atoms with Crippen LogP contribution >= 0.6 is 0 Å². The molecule has 6 nitrogen and oxygen atoms in total. The molecule has 0 aromatic rings. The summed E-state index contributed by atoms with van der Waals surface area (Å²) in [4.78, 5) is 36.6. The molecule has 0 radical (unpaired) electrons. The van der Waals surface area contributed by atoms with Gasteiger partial charge in [-0.15, -0.1) is 0 Å². The molecule has 0 aromatic carbocycles. The molecule has 4 bridgehead atoms. The lowest BCUT2D eigenvalue weighted by atomic mass is 9.49. The zero-order chi connectivity index (χ0) is 21.7. The maximum atomic E-state index is 13.9. The van der Waals surface area contributed by atoms with Crippen molar-refractivity contribution in [3.63, 3.8) is 0 Å². The van der Waals surface area contributed by atoms with E-state index in [0.29, 0.717) is 5.91 Å². The van der Waals surface area contributed by atoms with Gasteiger partial charge in [0.1, 0.15) is 6.04 Å². The zero-order valence-electron chi connectivity index (χ0n) is 19.8. The molecule has 1 unspecified atom stereocenters. The Hall–Kier alpha value is -1.14. The van der Waals surface area contributed by atoms with Crippen LogP contribution in [0.2, 0.25) is 0 Å². The van der Waals surface area contributed by atoms with Crippen molar-refractivity contribution in [2.45, 2.75) is 70.3 Å². The molecule has 3 saturated heterocycles. The minimum Gasteiger partial charge on any atom is -0.338 e. The molecule has 0 N–H and O–H groups in total. The van der Waals surface area contributed by atoms with Crippen molar-refractivity contribution in [2.24, 2.45) is 23.2 Å². The molecule has 32 heavy (non-hydrogen) atoms. The van der Waals surface area contributed by atoms with Gasteiger partial charge in [0.05, 0.1) is 5.41 Å². The van der Waals surface area contributed by atoms with Gasteiger partial charge in [0.15, 0.2) is 0 Å². The number of carbonyl (C=O) groups is 2. The van der Waals surface area contributed by atoms with E-state index in [-0.39, 0.29) is 17.4 Å². The summed E-state index contributed by atoms with van der Waals surface area (Å²) in [7, 11) is 0. The summed E-state index contributed by atoms with van der Waals surface area (Å²) in [5.41, 5.74) is -0.119. The maximum absolute atomic E-state index is 13.9. The lowest BCUT2D eigenvalue weighted by Crippen LogP contribution is -2.59. The molecule has 2 amide bonds. The van der Waals surface area contributed by atoms with E-state index >= 15 is 0 Å². The second-order valence-corrected chi connectivity index (χ2v) is 12.1. The summed E-state index contributed by atoms with van der Waals surface area (Å²) in [6.45, 7) is 9.23. The zero-order valence-corrected chi connectivity index (χ0v) is 19.8. The fourth-order valence-corrected chi connectivity index (χ4v) is 8.64. The molecule has 0 aromatic heterocycles. The fourth-order valence-electron chi connectivity index (χ4n) is 8.64. The Balaban J connectivity index is 1.05. The monoisotopic (exact) mass is 442 g/mol. The van der Waals surface area contributed by atoms with E-state index in [9.17, 15) is 9.59 Å². The molecule has 6 heteroatoms. The Labute approximate surface area is 193 Å². The number of hydrogen-bond donors (Lipinski definition) is 0. The molecule has 4 aliphatic carbocycles. The molecule has 7 fully saturated rings. The molecule has 3 aliphatic heterocycles. The van der Waals surface area contributed by atoms with E-state index < -0.39 is 0 Å². The van der Waals surface area contributed by atoms with Crippen LogP contribution in [-0.2, 0) is 9.59 Å². The summed E-state index contributed by atoms with van der Waals surface area (Å²) in [6.07, 6.45) is 11.9. The molecular weight excluding hydrogens is 400 g/mol. The van der Waals surface area contributed by atoms with E-state index in [2.05, 4.69) is 19.6 Å². The van der Waals surface area contributed by atoms with Gasteiger partial charge in [-0.2, -0.15) is 0 Å². The van der Waals surface area contributed by atoms with Crippen molar-refractivity contribution >= 4 is 11.8 Å². The Morgan fingerprint density at radius 1 is 0.688 bits per heavy atom. The minimum absolute atomic E-state index is 0.119. The largest absolute Gasteiger partial charge is 0.338 e. The summed E-state index contributed by atoms with van der Waals surface area (Å²) >= 11 is 0. The average Bonchev–Trinajstić information content (AvgIpc) is 3.48. The van der Waals surface area contributed by atoms with Crippen LogP contribution < -0.4 is 0 Å². The van der Waals surface area contributed by atoms with Gasteiger partial charge < -0.3 is 14.7 Å². The smallest absolute Gasteiger partial charge is 0.245 e. The predicted octanol–water partition coefficient (Wildman–Crippen LogP) is 2.43. The summed E-state index contributed by atoms with van der Waals surface area (Å²) in [5, 5.41) is 0. The molecule has 7 rings (SSSR count). The quantitative estimate of drug-likeness (QED) is 0.656. The van der Waals surface area contributed by atoms with Crippen LogP contribution in [0.25, 0.3) is 0 Å². The van der Waals surface area contributed by atoms with Crippen LogP contribution in [0.15, 0.2) is 0 Å². The molecule has 1 atom stereocenters. The highest BCUT2D eigenvalue weighted by Gasteiger charge is 2.57. The topological polar surface area (TPSA) is 47.1 Å². The summed E-state index contributed by atoms with van der Waals surface area (Å²) in [5.74, 6) is 2.92. The van der Waals surface area contributed by atoms with Crippen molar-refractivity contribution in [3.05, 3.63) is 0 Å². The van der Waals surface area contributed by atoms with E-state index in [0.717, 1.165) is 89.1 Å². The first-order valence-corrected chi connectivity index (χ1v) is 13.6. The first-order chi connectivity index (χ1) is 15.6. The Kier molecular flexibility index (Phi) is 5.73. The summed E-state index contributed by atoms with van der Waals surface area (Å²) in [6, 6.07) is -0.188. The number of likely N-dealkylation sites (tertiary alicyclic amines) is 2. The lowest BCUT2D eigenvalue weighted by Gasteiger charge is -2.56. The third-order valence-electron chi connectivity index (χ3n) is 9.91. The van der Waals surface area contributed by atoms with Crippen LogP contribution in [0, 0.1) is 23.2 Å². The highest BCUT2D eigenvalue weighted by molar-refractivity contribution is 5.91. The Morgan fingerprint density at radius 3 is 1.84 bits per heavy atom. The Bertz CT molecular complexity index is 690. The third-order valence-corrected chi connectivity index (χ3v) is 9.91. The average molecular weight is 443 g/mol. The number of rotatable bonds is 5. The SMILES string of the molecule is O=C(C1CCCN1C(=O)C12CC3CC(CC(C3)C1)C2)N1CCN(CCN2CCCC2)CC1. The number of nitrogens with zero attached hydrogens (tertiary/aromatic N) is 4. The van der Waals surface area contributed by atoms with Crippen molar-refractivity contribution in [2.75, 3.05) is 58.9 Å². The van der Waals surface area contributed by atoms with Crippen LogP contribution in [0.4, 0.5) is 0 Å². The van der Waals surface area contributed by atoms with Gasteiger partial charge in [-0.3, -0.25) is 14.5 Å². The minimum atomic E-state index is -0.188. The Morgan fingerprint density at radius 2 is 1.25 bits per heavy atom. The normalized spacial score (nSPS) is 39.9. The maximum Gasteiger partial charge on any atom is 0.245 e. The highest BCUT2D eigenvalue weighted by atomic mass is 16.2. The van der Waals surface area contributed by atoms with Crippen LogP contribution in [0.1, 0.15) is 64.2 Å². The first kappa shape index (κ1) is 21.4. The van der Waals surface area contributed by atoms with E-state index in [1.807, 2.05) is 0 Å². The van der Waals surface area contributed by atoms with Gasteiger partial charge in [0.25, 0.3) is 0 Å². The van der Waals surface area contributed by atoms with E-state index in [1.165, 1.54) is 51.7 Å². The van der Waals surface area contributed by atoms with Crippen molar-refractivity contribution < 1.29 is 9.59 Å². The summed E-state index contributed by atoms with van der Waals surface area (Å²) < 4.78 is 0. The second kappa shape index (κ2) is 8.57. The second-order valence-electron chi connectivity index (χ2n) is 12.1. The number of amides is 2. The lowest BCUT2D eigenvalue weighted by molar-refractivity contribution is -0.162. The van der Waals surface area contributed by atoms with Gasteiger partial charge in [-0.05, 0) is 95.1 Å². The standard InChI is InChI=1S/C26H42N4O2/c31-24(29-12-10-28(11-13-29)9-8-27-5-1-2-6-27)23-4-3-7-30(23)25(32)26-17-20-14-21(18-26)16-22(15-20)19-26/h20-23H,1-19H2. The van der Waals surface area contributed by atoms with Crippen LogP contribution in [-0.4, -0.2) is 96.4 Å². The predicted molar refractivity (Wildman–Crippen MR) is 124 cm³/mol. The number of piperazine rings is 1. The van der Waals surface area contributed by atoms with E-state index in [1.54, 1.807) is 0 Å². The van der Waals surface area contributed by atoms with Crippen LogP contribution in [0.3, 0.4) is 0 Å². The molecule has 0 spiro atoms. The number of hydrogen-bond acceptors (Lipinski definition) is 4.